The first-order valence-electron chi connectivity index (χ1n) is 7.44. The predicted octanol–water partition coefficient (Wildman–Crippen LogP) is 3.99. The van der Waals surface area contributed by atoms with Crippen molar-refractivity contribution in [1.82, 2.24) is 4.90 Å². The van der Waals surface area contributed by atoms with Crippen LogP contribution in [0.1, 0.15) is 24.8 Å². The van der Waals surface area contributed by atoms with Crippen LogP contribution in [0, 0.1) is 5.82 Å². The summed E-state index contributed by atoms with van der Waals surface area (Å²) in [5, 5.41) is 11.3. The molecule has 5 heteroatoms. The van der Waals surface area contributed by atoms with Crippen LogP contribution in [-0.2, 0) is 11.3 Å². The lowest BCUT2D eigenvalue weighted by Crippen LogP contribution is -2.44. The van der Waals surface area contributed by atoms with Crippen LogP contribution in [0.15, 0.2) is 35.7 Å². The van der Waals surface area contributed by atoms with Gasteiger partial charge in [0.05, 0.1) is 0 Å². The van der Waals surface area contributed by atoms with Crippen LogP contribution in [-0.4, -0.2) is 28.6 Å². The van der Waals surface area contributed by atoms with Crippen LogP contribution in [0.4, 0.5) is 4.39 Å². The summed E-state index contributed by atoms with van der Waals surface area (Å²) in [6, 6.07) is 8.44. The summed E-state index contributed by atoms with van der Waals surface area (Å²) in [5.74, 6) is -1.00. The zero-order chi connectivity index (χ0) is 15.5. The van der Waals surface area contributed by atoms with E-state index in [2.05, 4.69) is 0 Å². The van der Waals surface area contributed by atoms with Crippen molar-refractivity contribution in [3.63, 3.8) is 0 Å². The molecule has 2 heterocycles. The number of hydrogen-bond acceptors (Lipinski definition) is 3. The van der Waals surface area contributed by atoms with E-state index in [1.807, 2.05) is 28.5 Å². The fourth-order valence-electron chi connectivity index (χ4n) is 2.99. The number of carboxylic acids is 1. The number of carbonyl (C=O) groups is 1. The number of carboxylic acid groups (broad SMARTS) is 1. The van der Waals surface area contributed by atoms with Crippen molar-refractivity contribution in [3.8, 4) is 10.4 Å². The second kappa shape index (κ2) is 6.58. The van der Waals surface area contributed by atoms with E-state index in [1.165, 1.54) is 17.4 Å². The van der Waals surface area contributed by atoms with Crippen LogP contribution in [0.25, 0.3) is 10.4 Å². The Morgan fingerprint density at radius 3 is 2.95 bits per heavy atom. The molecule has 1 aliphatic rings. The molecule has 1 saturated heterocycles. The van der Waals surface area contributed by atoms with Gasteiger partial charge in [0.15, 0.2) is 0 Å². The van der Waals surface area contributed by atoms with Crippen molar-refractivity contribution < 1.29 is 14.3 Å². The monoisotopic (exact) mass is 319 g/mol. The normalized spacial score (nSPS) is 19.2. The maximum atomic E-state index is 14.0. The van der Waals surface area contributed by atoms with Crippen molar-refractivity contribution in [2.45, 2.75) is 31.8 Å². The average Bonchev–Trinajstić information content (AvgIpc) is 3.03. The van der Waals surface area contributed by atoms with E-state index >= 15 is 0 Å². The van der Waals surface area contributed by atoms with E-state index in [0.717, 1.165) is 29.8 Å². The number of nitrogens with zero attached hydrogens (tertiary/aromatic N) is 1. The molecular weight excluding hydrogens is 301 g/mol. The summed E-state index contributed by atoms with van der Waals surface area (Å²) in [5.41, 5.74) is 1.55. The molecule has 1 fully saturated rings. The smallest absolute Gasteiger partial charge is 0.320 e. The molecule has 1 aromatic carbocycles. The Morgan fingerprint density at radius 1 is 1.36 bits per heavy atom. The summed E-state index contributed by atoms with van der Waals surface area (Å²) < 4.78 is 14.0. The zero-order valence-electron chi connectivity index (χ0n) is 12.2. The van der Waals surface area contributed by atoms with Crippen molar-refractivity contribution in [1.29, 1.82) is 0 Å². The van der Waals surface area contributed by atoms with E-state index in [4.69, 9.17) is 0 Å². The minimum atomic E-state index is -0.764. The highest BCUT2D eigenvalue weighted by Gasteiger charge is 2.28. The van der Waals surface area contributed by atoms with Gasteiger partial charge in [0, 0.05) is 17.0 Å². The van der Waals surface area contributed by atoms with Gasteiger partial charge in [0.1, 0.15) is 11.9 Å². The highest BCUT2D eigenvalue weighted by Crippen LogP contribution is 2.29. The van der Waals surface area contributed by atoms with Gasteiger partial charge in [0.2, 0.25) is 0 Å². The fourth-order valence-corrected chi connectivity index (χ4v) is 3.73. The molecule has 0 bridgehead atoms. The summed E-state index contributed by atoms with van der Waals surface area (Å²) in [7, 11) is 0. The Labute approximate surface area is 133 Å². The highest BCUT2D eigenvalue weighted by atomic mass is 32.1. The molecule has 3 nitrogen and oxygen atoms in total. The van der Waals surface area contributed by atoms with E-state index < -0.39 is 12.0 Å². The van der Waals surface area contributed by atoms with Gasteiger partial charge in [-0.3, -0.25) is 9.69 Å². The largest absolute Gasteiger partial charge is 0.480 e. The molecule has 2 aromatic rings. The van der Waals surface area contributed by atoms with Gasteiger partial charge in [-0.15, -0.1) is 11.3 Å². The van der Waals surface area contributed by atoms with Gasteiger partial charge in [-0.1, -0.05) is 18.6 Å². The summed E-state index contributed by atoms with van der Waals surface area (Å²) in [6.07, 6.45) is 2.66. The van der Waals surface area contributed by atoms with E-state index in [0.29, 0.717) is 18.5 Å². The van der Waals surface area contributed by atoms with Crippen LogP contribution in [0.2, 0.25) is 0 Å². The van der Waals surface area contributed by atoms with Crippen molar-refractivity contribution in [2.75, 3.05) is 6.54 Å². The zero-order valence-corrected chi connectivity index (χ0v) is 13.0. The number of piperidine rings is 1. The molecule has 1 atom stereocenters. The Morgan fingerprint density at radius 2 is 2.23 bits per heavy atom. The molecule has 116 valence electrons. The van der Waals surface area contributed by atoms with Gasteiger partial charge in [-0.2, -0.15) is 0 Å². The van der Waals surface area contributed by atoms with E-state index in [-0.39, 0.29) is 5.82 Å². The number of benzene rings is 1. The van der Waals surface area contributed by atoms with Crippen LogP contribution in [0.3, 0.4) is 0 Å². The van der Waals surface area contributed by atoms with Crippen LogP contribution >= 0.6 is 11.3 Å². The Hall–Kier alpha value is -1.72. The molecule has 1 aromatic heterocycles. The SMILES string of the molecule is O=C(O)C1CCCCN1Cc1ccc(F)c(-c2cccs2)c1. The first kappa shape index (κ1) is 15.2. The standard InChI is InChI=1S/C17H18FNO2S/c18-14-7-6-12(10-13(14)16-5-3-9-22-16)11-19-8-2-1-4-15(19)17(20)21/h3,5-7,9-10,15H,1-2,4,8,11H2,(H,20,21). The van der Waals surface area contributed by atoms with Gasteiger partial charge >= 0.3 is 5.97 Å². The minimum absolute atomic E-state index is 0.236. The summed E-state index contributed by atoms with van der Waals surface area (Å²) in [4.78, 5) is 14.2. The number of hydrogen-bond donors (Lipinski definition) is 1. The lowest BCUT2D eigenvalue weighted by molar-refractivity contribution is -0.144. The number of likely N-dealkylation sites (tertiary alicyclic amines) is 1. The topological polar surface area (TPSA) is 40.5 Å². The molecule has 0 spiro atoms. The number of aliphatic carboxylic acids is 1. The fraction of sp³-hybridized carbons (Fsp3) is 0.353. The second-order valence-electron chi connectivity index (χ2n) is 5.61. The lowest BCUT2D eigenvalue weighted by Gasteiger charge is -2.32. The molecule has 1 aliphatic heterocycles. The minimum Gasteiger partial charge on any atom is -0.480 e. The molecule has 22 heavy (non-hydrogen) atoms. The van der Waals surface area contributed by atoms with Gasteiger partial charge in [0.25, 0.3) is 0 Å². The Bertz CT molecular complexity index is 657. The number of halogens is 1. The average molecular weight is 319 g/mol. The third-order valence-corrected chi connectivity index (χ3v) is 5.00. The second-order valence-corrected chi connectivity index (χ2v) is 6.56. The Balaban J connectivity index is 1.83. The van der Waals surface area contributed by atoms with E-state index in [1.54, 1.807) is 6.07 Å². The first-order valence-corrected chi connectivity index (χ1v) is 8.32. The molecule has 0 aliphatic carbocycles. The molecular formula is C17H18FNO2S. The molecule has 1 N–H and O–H groups in total. The third kappa shape index (κ3) is 3.20. The molecule has 3 rings (SSSR count). The first-order chi connectivity index (χ1) is 10.6. The summed E-state index contributed by atoms with van der Waals surface area (Å²) >= 11 is 1.50. The van der Waals surface area contributed by atoms with Gasteiger partial charge in [-0.25, -0.2) is 4.39 Å². The van der Waals surface area contributed by atoms with Crippen molar-refractivity contribution >= 4 is 17.3 Å². The lowest BCUT2D eigenvalue weighted by atomic mass is 10.0. The molecule has 0 radical (unpaired) electrons. The Kier molecular flexibility index (Phi) is 4.55. The summed E-state index contributed by atoms with van der Waals surface area (Å²) in [6.45, 7) is 1.33. The molecule has 0 amide bonds. The van der Waals surface area contributed by atoms with Crippen LogP contribution in [0.5, 0.6) is 0 Å². The maximum Gasteiger partial charge on any atom is 0.320 e. The van der Waals surface area contributed by atoms with E-state index in [9.17, 15) is 14.3 Å². The van der Waals surface area contributed by atoms with Crippen molar-refractivity contribution in [3.05, 3.63) is 47.1 Å². The van der Waals surface area contributed by atoms with Crippen LogP contribution < -0.4 is 0 Å². The quantitative estimate of drug-likeness (QED) is 0.926. The predicted molar refractivity (Wildman–Crippen MR) is 85.4 cm³/mol. The third-order valence-electron chi connectivity index (χ3n) is 4.10. The maximum absolute atomic E-state index is 14.0. The van der Waals surface area contributed by atoms with Gasteiger partial charge in [-0.05, 0) is 48.5 Å². The highest BCUT2D eigenvalue weighted by molar-refractivity contribution is 7.13. The van der Waals surface area contributed by atoms with Crippen molar-refractivity contribution in [2.24, 2.45) is 0 Å². The molecule has 0 saturated carbocycles. The number of rotatable bonds is 4. The molecule has 1 unspecified atom stereocenters. The number of thiophene rings is 1. The van der Waals surface area contributed by atoms with Gasteiger partial charge < -0.3 is 5.11 Å².